The lowest BCUT2D eigenvalue weighted by atomic mass is 9.68. The Bertz CT molecular complexity index is 215. The monoisotopic (exact) mass is 211 g/mol. The minimum Gasteiger partial charge on any atom is -0.375 e. The zero-order valence-electron chi connectivity index (χ0n) is 10.4. The van der Waals surface area contributed by atoms with Crippen LogP contribution in [0.4, 0.5) is 0 Å². The highest BCUT2D eigenvalue weighted by Gasteiger charge is 2.42. The van der Waals surface area contributed by atoms with E-state index in [9.17, 15) is 0 Å². The van der Waals surface area contributed by atoms with Crippen LogP contribution in [-0.2, 0) is 4.74 Å². The first kappa shape index (κ1) is 11.4. The Morgan fingerprint density at radius 1 is 1.13 bits per heavy atom. The van der Waals surface area contributed by atoms with Gasteiger partial charge in [0.1, 0.15) is 0 Å². The minimum absolute atomic E-state index is 0.224. The third kappa shape index (κ3) is 2.54. The third-order valence-corrected chi connectivity index (χ3v) is 4.42. The van der Waals surface area contributed by atoms with Crippen molar-refractivity contribution in [1.82, 2.24) is 5.32 Å². The molecule has 88 valence electrons. The van der Waals surface area contributed by atoms with Crippen LogP contribution in [0.5, 0.6) is 0 Å². The van der Waals surface area contributed by atoms with Gasteiger partial charge in [0, 0.05) is 12.6 Å². The molecule has 1 unspecified atom stereocenters. The lowest BCUT2D eigenvalue weighted by Gasteiger charge is -2.47. The second kappa shape index (κ2) is 4.06. The fourth-order valence-corrected chi connectivity index (χ4v) is 3.00. The molecule has 1 aliphatic heterocycles. The molecule has 1 N–H and O–H groups in total. The summed E-state index contributed by atoms with van der Waals surface area (Å²) in [6.07, 6.45) is 7.57. The van der Waals surface area contributed by atoms with Gasteiger partial charge >= 0.3 is 0 Å². The number of nitrogens with one attached hydrogen (secondary N) is 1. The van der Waals surface area contributed by atoms with Gasteiger partial charge < -0.3 is 10.1 Å². The molecule has 2 fully saturated rings. The summed E-state index contributed by atoms with van der Waals surface area (Å²) in [5.41, 5.74) is 0.767. The summed E-state index contributed by atoms with van der Waals surface area (Å²) in [5.74, 6) is 0. The van der Waals surface area contributed by atoms with Crippen molar-refractivity contribution < 1.29 is 4.74 Å². The molecule has 0 bridgehead atoms. The van der Waals surface area contributed by atoms with Gasteiger partial charge in [-0.25, -0.2) is 0 Å². The summed E-state index contributed by atoms with van der Waals surface area (Å²) < 4.78 is 6.09. The van der Waals surface area contributed by atoms with Crippen molar-refractivity contribution in [2.75, 3.05) is 13.7 Å². The molecule has 1 heterocycles. The van der Waals surface area contributed by atoms with Crippen molar-refractivity contribution in [2.45, 2.75) is 64.0 Å². The summed E-state index contributed by atoms with van der Waals surface area (Å²) >= 11 is 0. The molecular weight excluding hydrogens is 186 g/mol. The van der Waals surface area contributed by atoms with Crippen LogP contribution in [0.1, 0.15) is 52.4 Å². The van der Waals surface area contributed by atoms with Crippen LogP contribution < -0.4 is 5.32 Å². The lowest BCUT2D eigenvalue weighted by Crippen LogP contribution is -2.49. The van der Waals surface area contributed by atoms with E-state index in [4.69, 9.17) is 4.74 Å². The van der Waals surface area contributed by atoms with E-state index in [0.717, 1.165) is 6.61 Å². The molecule has 2 heteroatoms. The van der Waals surface area contributed by atoms with Gasteiger partial charge in [-0.2, -0.15) is 0 Å². The molecule has 1 spiro atoms. The minimum atomic E-state index is 0.224. The smallest absolute Gasteiger partial charge is 0.0697 e. The zero-order chi connectivity index (χ0) is 10.9. The van der Waals surface area contributed by atoms with Crippen LogP contribution in [0, 0.1) is 5.41 Å². The Kier molecular flexibility index (Phi) is 3.09. The molecule has 1 saturated carbocycles. The van der Waals surface area contributed by atoms with Crippen molar-refractivity contribution in [3.05, 3.63) is 0 Å². The first-order valence-electron chi connectivity index (χ1n) is 6.37. The van der Waals surface area contributed by atoms with Crippen LogP contribution in [0.25, 0.3) is 0 Å². The van der Waals surface area contributed by atoms with Gasteiger partial charge in [0.25, 0.3) is 0 Å². The van der Waals surface area contributed by atoms with Gasteiger partial charge in [0.05, 0.1) is 5.60 Å². The van der Waals surface area contributed by atoms with E-state index >= 15 is 0 Å². The van der Waals surface area contributed by atoms with Crippen LogP contribution in [-0.4, -0.2) is 25.3 Å². The van der Waals surface area contributed by atoms with Crippen molar-refractivity contribution in [3.63, 3.8) is 0 Å². The summed E-state index contributed by atoms with van der Waals surface area (Å²) in [4.78, 5) is 0. The van der Waals surface area contributed by atoms with Gasteiger partial charge in [-0.05, 0) is 51.0 Å². The van der Waals surface area contributed by atoms with E-state index in [0.29, 0.717) is 11.5 Å². The van der Waals surface area contributed by atoms with E-state index < -0.39 is 0 Å². The largest absolute Gasteiger partial charge is 0.375 e. The highest BCUT2D eigenvalue weighted by atomic mass is 16.5. The van der Waals surface area contributed by atoms with E-state index in [1.165, 1.54) is 38.5 Å². The maximum absolute atomic E-state index is 6.09. The molecule has 1 aliphatic carbocycles. The normalized spacial score (nSPS) is 34.2. The van der Waals surface area contributed by atoms with Crippen LogP contribution in [0.2, 0.25) is 0 Å². The number of ether oxygens (including phenoxy) is 1. The van der Waals surface area contributed by atoms with E-state index in [1.807, 2.05) is 0 Å². The molecule has 0 aromatic rings. The highest BCUT2D eigenvalue weighted by Crippen LogP contribution is 2.45. The SMILES string of the molecule is CNC1CCOC2(CCC(C)(C)CC2)C1. The number of hydrogen-bond donors (Lipinski definition) is 1. The molecular formula is C13H25NO. The molecule has 2 nitrogen and oxygen atoms in total. The molecule has 2 aliphatic rings. The van der Waals surface area contributed by atoms with Gasteiger partial charge in [-0.3, -0.25) is 0 Å². The molecule has 0 aromatic carbocycles. The van der Waals surface area contributed by atoms with Crippen molar-refractivity contribution >= 4 is 0 Å². The molecule has 0 aromatic heterocycles. The molecule has 2 rings (SSSR count). The Balaban J connectivity index is 1.96. The molecule has 0 amide bonds. The average Bonchev–Trinajstić information content (AvgIpc) is 2.24. The maximum Gasteiger partial charge on any atom is 0.0697 e. The first-order valence-corrected chi connectivity index (χ1v) is 6.37. The summed E-state index contributed by atoms with van der Waals surface area (Å²) in [7, 11) is 2.08. The van der Waals surface area contributed by atoms with Gasteiger partial charge in [0.2, 0.25) is 0 Å². The van der Waals surface area contributed by atoms with Crippen LogP contribution in [0.15, 0.2) is 0 Å². The standard InChI is InChI=1S/C13H25NO/c1-12(2)5-7-13(8-6-12)10-11(14-3)4-9-15-13/h11,14H,4-10H2,1-3H3. The predicted octanol–water partition coefficient (Wildman–Crippen LogP) is 2.72. The average molecular weight is 211 g/mol. The van der Waals surface area contributed by atoms with Gasteiger partial charge in [-0.15, -0.1) is 0 Å². The maximum atomic E-state index is 6.09. The number of hydrogen-bond acceptors (Lipinski definition) is 2. The summed E-state index contributed by atoms with van der Waals surface area (Å²) in [6.45, 7) is 5.72. The van der Waals surface area contributed by atoms with Crippen molar-refractivity contribution in [2.24, 2.45) is 5.41 Å². The van der Waals surface area contributed by atoms with E-state index in [2.05, 4.69) is 26.2 Å². The van der Waals surface area contributed by atoms with Crippen molar-refractivity contribution in [3.8, 4) is 0 Å². The fourth-order valence-electron chi connectivity index (χ4n) is 3.00. The lowest BCUT2D eigenvalue weighted by molar-refractivity contribution is -0.122. The Hall–Kier alpha value is -0.0800. The Morgan fingerprint density at radius 3 is 2.40 bits per heavy atom. The van der Waals surface area contributed by atoms with Crippen LogP contribution in [0.3, 0.4) is 0 Å². The Labute approximate surface area is 93.8 Å². The highest BCUT2D eigenvalue weighted by molar-refractivity contribution is 4.95. The van der Waals surface area contributed by atoms with E-state index in [1.54, 1.807) is 0 Å². The fraction of sp³-hybridized carbons (Fsp3) is 1.00. The zero-order valence-corrected chi connectivity index (χ0v) is 10.4. The Morgan fingerprint density at radius 2 is 1.80 bits per heavy atom. The third-order valence-electron chi connectivity index (χ3n) is 4.42. The molecule has 1 saturated heterocycles. The van der Waals surface area contributed by atoms with Gasteiger partial charge in [-0.1, -0.05) is 13.8 Å². The van der Waals surface area contributed by atoms with Crippen LogP contribution >= 0.6 is 0 Å². The summed E-state index contributed by atoms with van der Waals surface area (Å²) in [6, 6.07) is 0.681. The quantitative estimate of drug-likeness (QED) is 0.720. The number of rotatable bonds is 1. The first-order chi connectivity index (χ1) is 7.05. The van der Waals surface area contributed by atoms with Gasteiger partial charge in [0.15, 0.2) is 0 Å². The topological polar surface area (TPSA) is 21.3 Å². The second-order valence-electron chi connectivity index (χ2n) is 6.17. The predicted molar refractivity (Wildman–Crippen MR) is 63.0 cm³/mol. The summed E-state index contributed by atoms with van der Waals surface area (Å²) in [5, 5.41) is 3.42. The molecule has 1 atom stereocenters. The second-order valence-corrected chi connectivity index (χ2v) is 6.17. The van der Waals surface area contributed by atoms with E-state index in [-0.39, 0.29) is 5.60 Å². The molecule has 15 heavy (non-hydrogen) atoms. The molecule has 0 radical (unpaired) electrons. The van der Waals surface area contributed by atoms with Crippen molar-refractivity contribution in [1.29, 1.82) is 0 Å².